The van der Waals surface area contributed by atoms with E-state index in [1.54, 1.807) is 0 Å². The molecule has 1 nitrogen and oxygen atoms in total. The van der Waals surface area contributed by atoms with Crippen molar-refractivity contribution in [3.8, 4) is 0 Å². The van der Waals surface area contributed by atoms with Gasteiger partial charge < -0.3 is 4.74 Å². The van der Waals surface area contributed by atoms with Gasteiger partial charge in [0, 0.05) is 5.92 Å². The smallest absolute Gasteiger partial charge is 0.0832 e. The molecule has 0 aromatic heterocycles. The van der Waals surface area contributed by atoms with E-state index in [0.717, 1.165) is 13.0 Å². The molecule has 0 aromatic rings. The second kappa shape index (κ2) is 3.44. The maximum absolute atomic E-state index is 5.71. The van der Waals surface area contributed by atoms with Crippen molar-refractivity contribution in [2.45, 2.75) is 32.3 Å². The Morgan fingerprint density at radius 3 is 2.67 bits per heavy atom. The first-order valence-corrected chi connectivity index (χ1v) is 4.50. The van der Waals surface area contributed by atoms with Crippen LogP contribution in [0.1, 0.15) is 26.7 Å². The molecule has 0 amide bonds. The quantitative estimate of drug-likeness (QED) is 0.573. The normalized spacial score (nSPS) is 36.0. The SMILES string of the molecule is C=CC1(C)CCC(C(=C)C)CO1. The van der Waals surface area contributed by atoms with E-state index >= 15 is 0 Å². The van der Waals surface area contributed by atoms with Crippen LogP contribution in [-0.4, -0.2) is 12.2 Å². The first kappa shape index (κ1) is 9.53. The Balaban J connectivity index is 2.49. The van der Waals surface area contributed by atoms with Crippen LogP contribution in [0.25, 0.3) is 0 Å². The molecule has 0 spiro atoms. The van der Waals surface area contributed by atoms with Crippen molar-refractivity contribution in [1.82, 2.24) is 0 Å². The van der Waals surface area contributed by atoms with E-state index < -0.39 is 0 Å². The largest absolute Gasteiger partial charge is 0.371 e. The number of ether oxygens (including phenoxy) is 1. The summed E-state index contributed by atoms with van der Waals surface area (Å²) in [7, 11) is 0. The van der Waals surface area contributed by atoms with Gasteiger partial charge in [0.25, 0.3) is 0 Å². The summed E-state index contributed by atoms with van der Waals surface area (Å²) in [5, 5.41) is 0. The maximum atomic E-state index is 5.71. The van der Waals surface area contributed by atoms with Crippen molar-refractivity contribution in [3.05, 3.63) is 24.8 Å². The predicted molar refractivity (Wildman–Crippen MR) is 52.1 cm³/mol. The summed E-state index contributed by atoms with van der Waals surface area (Å²) in [6.07, 6.45) is 4.15. The van der Waals surface area contributed by atoms with E-state index in [0.29, 0.717) is 5.92 Å². The third kappa shape index (κ3) is 1.98. The average Bonchev–Trinajstić information content (AvgIpc) is 2.05. The van der Waals surface area contributed by atoms with Crippen LogP contribution in [0, 0.1) is 5.92 Å². The van der Waals surface area contributed by atoms with Crippen molar-refractivity contribution in [1.29, 1.82) is 0 Å². The van der Waals surface area contributed by atoms with Gasteiger partial charge >= 0.3 is 0 Å². The van der Waals surface area contributed by atoms with Crippen LogP contribution < -0.4 is 0 Å². The highest BCUT2D eigenvalue weighted by Crippen LogP contribution is 2.31. The fraction of sp³-hybridized carbons (Fsp3) is 0.636. The van der Waals surface area contributed by atoms with Crippen molar-refractivity contribution in [3.63, 3.8) is 0 Å². The molecule has 0 aliphatic carbocycles. The van der Waals surface area contributed by atoms with E-state index in [9.17, 15) is 0 Å². The third-order valence-corrected chi connectivity index (χ3v) is 2.73. The van der Waals surface area contributed by atoms with Crippen LogP contribution in [0.15, 0.2) is 24.8 Å². The van der Waals surface area contributed by atoms with Crippen LogP contribution in [0.3, 0.4) is 0 Å². The summed E-state index contributed by atoms with van der Waals surface area (Å²) in [6, 6.07) is 0. The van der Waals surface area contributed by atoms with Gasteiger partial charge in [-0.25, -0.2) is 0 Å². The lowest BCUT2D eigenvalue weighted by atomic mass is 9.87. The molecule has 1 aliphatic rings. The van der Waals surface area contributed by atoms with Crippen LogP contribution in [0.2, 0.25) is 0 Å². The summed E-state index contributed by atoms with van der Waals surface area (Å²) in [5.41, 5.74) is 1.15. The summed E-state index contributed by atoms with van der Waals surface area (Å²) in [5.74, 6) is 0.554. The van der Waals surface area contributed by atoms with Gasteiger partial charge in [-0.15, -0.1) is 6.58 Å². The van der Waals surface area contributed by atoms with Gasteiger partial charge in [-0.1, -0.05) is 18.2 Å². The highest BCUT2D eigenvalue weighted by molar-refractivity contribution is 5.03. The molecular formula is C11H18O. The molecule has 12 heavy (non-hydrogen) atoms. The lowest BCUT2D eigenvalue weighted by Gasteiger charge is -2.35. The monoisotopic (exact) mass is 166 g/mol. The molecule has 0 saturated carbocycles. The first-order valence-electron chi connectivity index (χ1n) is 4.50. The van der Waals surface area contributed by atoms with E-state index in [1.165, 1.54) is 12.0 Å². The molecule has 0 aromatic carbocycles. The fourth-order valence-electron chi connectivity index (χ4n) is 1.46. The van der Waals surface area contributed by atoms with Crippen LogP contribution in [0.4, 0.5) is 0 Å². The van der Waals surface area contributed by atoms with Gasteiger partial charge in [-0.05, 0) is 26.7 Å². The minimum absolute atomic E-state index is 0.0913. The zero-order valence-corrected chi connectivity index (χ0v) is 8.10. The molecule has 0 bridgehead atoms. The Bertz CT molecular complexity index is 185. The second-order valence-corrected chi connectivity index (χ2v) is 3.91. The van der Waals surface area contributed by atoms with Crippen LogP contribution in [-0.2, 0) is 4.74 Å². The van der Waals surface area contributed by atoms with E-state index in [4.69, 9.17) is 4.74 Å². The minimum atomic E-state index is -0.0913. The second-order valence-electron chi connectivity index (χ2n) is 3.91. The molecule has 1 aliphatic heterocycles. The molecule has 1 fully saturated rings. The zero-order chi connectivity index (χ0) is 9.19. The molecule has 2 unspecified atom stereocenters. The lowest BCUT2D eigenvalue weighted by molar-refractivity contribution is -0.0488. The van der Waals surface area contributed by atoms with Gasteiger partial charge in [-0.3, -0.25) is 0 Å². The third-order valence-electron chi connectivity index (χ3n) is 2.73. The molecule has 0 N–H and O–H groups in total. The number of rotatable bonds is 2. The standard InChI is InChI=1S/C11H18O/c1-5-11(4)7-6-10(8-12-11)9(2)3/h5,10H,1-2,6-8H2,3-4H3. The van der Waals surface area contributed by atoms with Gasteiger partial charge in [0.1, 0.15) is 0 Å². The highest BCUT2D eigenvalue weighted by Gasteiger charge is 2.29. The summed E-state index contributed by atoms with van der Waals surface area (Å²) >= 11 is 0. The van der Waals surface area contributed by atoms with Crippen LogP contribution >= 0.6 is 0 Å². The fourth-order valence-corrected chi connectivity index (χ4v) is 1.46. The molecular weight excluding hydrogens is 148 g/mol. The number of hydrogen-bond acceptors (Lipinski definition) is 1. The molecule has 0 radical (unpaired) electrons. The first-order chi connectivity index (χ1) is 5.57. The Morgan fingerprint density at radius 1 is 1.67 bits per heavy atom. The van der Waals surface area contributed by atoms with Crippen molar-refractivity contribution in [2.75, 3.05) is 6.61 Å². The van der Waals surface area contributed by atoms with Crippen molar-refractivity contribution < 1.29 is 4.74 Å². The highest BCUT2D eigenvalue weighted by atomic mass is 16.5. The lowest BCUT2D eigenvalue weighted by Crippen LogP contribution is -2.34. The molecule has 1 rings (SSSR count). The maximum Gasteiger partial charge on any atom is 0.0832 e. The average molecular weight is 166 g/mol. The Morgan fingerprint density at radius 2 is 2.33 bits per heavy atom. The molecule has 1 heteroatoms. The molecule has 68 valence electrons. The van der Waals surface area contributed by atoms with Crippen molar-refractivity contribution in [2.24, 2.45) is 5.92 Å². The van der Waals surface area contributed by atoms with Gasteiger partial charge in [0.05, 0.1) is 12.2 Å². The molecule has 2 atom stereocenters. The molecule has 1 heterocycles. The zero-order valence-electron chi connectivity index (χ0n) is 8.10. The van der Waals surface area contributed by atoms with E-state index in [2.05, 4.69) is 27.0 Å². The minimum Gasteiger partial charge on any atom is -0.371 e. The Hall–Kier alpha value is -0.560. The summed E-state index contributed by atoms with van der Waals surface area (Å²) in [4.78, 5) is 0. The van der Waals surface area contributed by atoms with Crippen molar-refractivity contribution >= 4 is 0 Å². The van der Waals surface area contributed by atoms with Gasteiger partial charge in [0.15, 0.2) is 0 Å². The number of hydrogen-bond donors (Lipinski definition) is 0. The summed E-state index contributed by atoms with van der Waals surface area (Å²) < 4.78 is 5.71. The topological polar surface area (TPSA) is 9.23 Å². The van der Waals surface area contributed by atoms with Gasteiger partial charge in [0.2, 0.25) is 0 Å². The Kier molecular flexibility index (Phi) is 2.73. The van der Waals surface area contributed by atoms with Crippen LogP contribution in [0.5, 0.6) is 0 Å². The predicted octanol–water partition coefficient (Wildman–Crippen LogP) is 2.93. The summed E-state index contributed by atoms with van der Waals surface area (Å²) in [6.45, 7) is 12.7. The van der Waals surface area contributed by atoms with E-state index in [1.807, 2.05) is 6.08 Å². The molecule has 1 saturated heterocycles. The van der Waals surface area contributed by atoms with E-state index in [-0.39, 0.29) is 5.60 Å². The van der Waals surface area contributed by atoms with Gasteiger partial charge in [-0.2, -0.15) is 0 Å². The Labute approximate surface area is 75.1 Å².